The third kappa shape index (κ3) is 6.76. The van der Waals surface area contributed by atoms with Crippen molar-refractivity contribution in [2.75, 3.05) is 0 Å². The van der Waals surface area contributed by atoms with Crippen LogP contribution in [-0.4, -0.2) is 29.9 Å². The van der Waals surface area contributed by atoms with Crippen LogP contribution >= 0.6 is 0 Å². The Bertz CT molecular complexity index is 2770. The van der Waals surface area contributed by atoms with Gasteiger partial charge in [0.2, 0.25) is 0 Å². The van der Waals surface area contributed by atoms with Crippen LogP contribution in [0.15, 0.2) is 158 Å². The molecule has 0 radical (unpaired) electrons. The maximum atomic E-state index is 9.42. The van der Waals surface area contributed by atoms with E-state index in [4.69, 9.17) is 29.9 Å². The molecule has 2 aliphatic carbocycles. The number of fused-ring (bicyclic) bond motifs is 2. The van der Waals surface area contributed by atoms with Crippen molar-refractivity contribution in [2.45, 2.75) is 37.5 Å². The molecule has 272 valence electrons. The summed E-state index contributed by atoms with van der Waals surface area (Å²) in [6.07, 6.45) is 6.61. The van der Waals surface area contributed by atoms with E-state index in [0.717, 1.165) is 50.4 Å². The number of aromatic nitrogens is 6. The van der Waals surface area contributed by atoms with Gasteiger partial charge in [-0.3, -0.25) is 0 Å². The number of nitrogens with zero attached hydrogens (tertiary/aromatic N) is 7. The molecule has 10 rings (SSSR count). The Morgan fingerprint density at radius 1 is 0.404 bits per heavy atom. The summed E-state index contributed by atoms with van der Waals surface area (Å²) in [5.41, 5.74) is 9.68. The fourth-order valence-corrected chi connectivity index (χ4v) is 8.65. The highest BCUT2D eigenvalue weighted by molar-refractivity contribution is 5.74. The van der Waals surface area contributed by atoms with Crippen molar-refractivity contribution in [3.05, 3.63) is 169 Å². The summed E-state index contributed by atoms with van der Waals surface area (Å²) in [6.45, 7) is 0. The van der Waals surface area contributed by atoms with Crippen molar-refractivity contribution in [2.24, 2.45) is 5.92 Å². The van der Waals surface area contributed by atoms with Crippen molar-refractivity contribution in [1.82, 2.24) is 29.9 Å². The highest BCUT2D eigenvalue weighted by Gasteiger charge is 2.45. The minimum atomic E-state index is 0.340. The molecule has 6 aromatic carbocycles. The zero-order valence-corrected chi connectivity index (χ0v) is 31.3. The summed E-state index contributed by atoms with van der Waals surface area (Å²) in [5, 5.41) is 9.42. The van der Waals surface area contributed by atoms with Gasteiger partial charge in [0.1, 0.15) is 0 Å². The average Bonchev–Trinajstić information content (AvgIpc) is 3.93. The second-order valence-electron chi connectivity index (χ2n) is 15.2. The van der Waals surface area contributed by atoms with E-state index in [1.165, 1.54) is 37.7 Å². The third-order valence-electron chi connectivity index (χ3n) is 11.7. The summed E-state index contributed by atoms with van der Waals surface area (Å²) >= 11 is 0. The van der Waals surface area contributed by atoms with Crippen LogP contribution in [0.3, 0.4) is 0 Å². The second kappa shape index (κ2) is 14.5. The highest BCUT2D eigenvalue weighted by atomic mass is 15.0. The quantitative estimate of drug-likeness (QED) is 0.153. The van der Waals surface area contributed by atoms with E-state index in [2.05, 4.69) is 30.3 Å². The van der Waals surface area contributed by atoms with Crippen molar-refractivity contribution in [3.63, 3.8) is 0 Å². The van der Waals surface area contributed by atoms with Crippen LogP contribution in [0.5, 0.6) is 0 Å². The van der Waals surface area contributed by atoms with Gasteiger partial charge in [-0.1, -0.05) is 140 Å². The van der Waals surface area contributed by atoms with Crippen LogP contribution < -0.4 is 0 Å². The number of benzene rings is 6. The molecule has 2 fully saturated rings. The van der Waals surface area contributed by atoms with Gasteiger partial charge in [-0.05, 0) is 78.3 Å². The van der Waals surface area contributed by atoms with Crippen molar-refractivity contribution < 1.29 is 0 Å². The predicted octanol–water partition coefficient (Wildman–Crippen LogP) is 11.4. The van der Waals surface area contributed by atoms with Crippen molar-refractivity contribution in [1.29, 1.82) is 5.26 Å². The Labute approximate surface area is 331 Å². The first kappa shape index (κ1) is 34.3. The lowest BCUT2D eigenvalue weighted by Crippen LogP contribution is -2.19. The Morgan fingerprint density at radius 2 is 0.807 bits per heavy atom. The van der Waals surface area contributed by atoms with E-state index in [9.17, 15) is 5.26 Å². The molecule has 0 N–H and O–H groups in total. The molecule has 8 aromatic rings. The minimum Gasteiger partial charge on any atom is -0.208 e. The van der Waals surface area contributed by atoms with Gasteiger partial charge in [0, 0.05) is 33.4 Å². The Balaban J connectivity index is 1.04. The van der Waals surface area contributed by atoms with Crippen LogP contribution in [0.4, 0.5) is 0 Å². The molecule has 0 atom stereocenters. The molecule has 7 nitrogen and oxygen atoms in total. The average molecular weight is 736 g/mol. The van der Waals surface area contributed by atoms with Crippen molar-refractivity contribution >= 4 is 0 Å². The molecule has 0 aliphatic heterocycles. The first-order valence-corrected chi connectivity index (χ1v) is 19.5. The molecule has 7 heteroatoms. The van der Waals surface area contributed by atoms with Crippen LogP contribution in [-0.2, 0) is 5.41 Å². The lowest BCUT2D eigenvalue weighted by Gasteiger charge is -2.27. The molecular weight excluding hydrogens is 699 g/mol. The summed E-state index contributed by atoms with van der Waals surface area (Å²) in [5.74, 6) is 4.40. The van der Waals surface area contributed by atoms with Gasteiger partial charge in [0.05, 0.1) is 11.6 Å². The van der Waals surface area contributed by atoms with E-state index in [1.807, 2.05) is 133 Å². The monoisotopic (exact) mass is 735 g/mol. The molecule has 2 aromatic heterocycles. The van der Waals surface area contributed by atoms with Crippen LogP contribution in [0, 0.1) is 17.2 Å². The minimum absolute atomic E-state index is 0.340. The van der Waals surface area contributed by atoms with E-state index < -0.39 is 0 Å². The normalized spacial score (nSPS) is 17.0. The maximum absolute atomic E-state index is 9.42. The highest BCUT2D eigenvalue weighted by Crippen LogP contribution is 2.55. The molecule has 2 aliphatic rings. The molecule has 57 heavy (non-hydrogen) atoms. The topological polar surface area (TPSA) is 101 Å². The SMILES string of the molecule is N#Cc1cccc(-c2ccc(-c3nc(-c4ccccc4)nc(-c4cccc(-c5nc(-c6ccccc6)nc(-c6ccc(C78CCC(CC7)C8)cc6)n5)c4)n3)cc2)c1. The zero-order valence-electron chi connectivity index (χ0n) is 31.3. The zero-order chi connectivity index (χ0) is 38.2. The first-order valence-electron chi connectivity index (χ1n) is 19.5. The van der Waals surface area contributed by atoms with E-state index in [1.54, 1.807) is 0 Å². The van der Waals surface area contributed by atoms with Crippen LogP contribution in [0.1, 0.15) is 43.2 Å². The number of hydrogen-bond acceptors (Lipinski definition) is 7. The van der Waals surface area contributed by atoms with Gasteiger partial charge >= 0.3 is 0 Å². The number of rotatable bonds is 8. The Hall–Kier alpha value is -7.17. The molecule has 0 unspecified atom stereocenters. The predicted molar refractivity (Wildman–Crippen MR) is 224 cm³/mol. The van der Waals surface area contributed by atoms with Crippen LogP contribution in [0.25, 0.3) is 79.5 Å². The molecule has 2 bridgehead atoms. The largest absolute Gasteiger partial charge is 0.208 e. The van der Waals surface area contributed by atoms with Crippen molar-refractivity contribution in [3.8, 4) is 85.5 Å². The molecule has 0 saturated heterocycles. The van der Waals surface area contributed by atoms with Gasteiger partial charge in [-0.15, -0.1) is 0 Å². The Kier molecular flexibility index (Phi) is 8.72. The van der Waals surface area contributed by atoms with E-state index in [-0.39, 0.29) is 0 Å². The van der Waals surface area contributed by atoms with Gasteiger partial charge < -0.3 is 0 Å². The summed E-state index contributed by atoms with van der Waals surface area (Å²) in [4.78, 5) is 30.1. The summed E-state index contributed by atoms with van der Waals surface area (Å²) in [7, 11) is 0. The summed E-state index contributed by atoms with van der Waals surface area (Å²) in [6, 6.07) is 55.0. The van der Waals surface area contributed by atoms with Gasteiger partial charge in [0.25, 0.3) is 0 Å². The standard InChI is InChI=1S/C50H37N7/c51-32-34-9-7-14-40(29-34)35-17-19-38(20-18-35)46-52-44(36-10-3-1-4-11-36)54-48(56-46)41-15-8-16-42(30-41)49-55-45(37-12-5-2-6-13-37)53-47(57-49)39-21-23-43(24-22-39)50-27-25-33(31-50)26-28-50/h1-24,29-30,33H,25-28,31H2. The molecule has 2 heterocycles. The molecular formula is C50H37N7. The van der Waals surface area contributed by atoms with Gasteiger partial charge in [-0.25, -0.2) is 29.9 Å². The lowest BCUT2D eigenvalue weighted by molar-refractivity contribution is 0.419. The van der Waals surface area contributed by atoms with Gasteiger partial charge in [-0.2, -0.15) is 5.26 Å². The van der Waals surface area contributed by atoms with Crippen LogP contribution in [0.2, 0.25) is 0 Å². The second-order valence-corrected chi connectivity index (χ2v) is 15.2. The smallest absolute Gasteiger partial charge is 0.164 e. The van der Waals surface area contributed by atoms with E-state index >= 15 is 0 Å². The third-order valence-corrected chi connectivity index (χ3v) is 11.7. The fraction of sp³-hybridized carbons (Fsp3) is 0.140. The fourth-order valence-electron chi connectivity index (χ4n) is 8.65. The number of nitriles is 1. The maximum Gasteiger partial charge on any atom is 0.164 e. The Morgan fingerprint density at radius 3 is 1.28 bits per heavy atom. The lowest BCUT2D eigenvalue weighted by atomic mass is 9.77. The van der Waals surface area contributed by atoms with E-state index in [0.29, 0.717) is 45.9 Å². The summed E-state index contributed by atoms with van der Waals surface area (Å²) < 4.78 is 0. The molecule has 0 spiro atoms. The first-order chi connectivity index (χ1) is 28.1. The molecule has 0 amide bonds. The van der Waals surface area contributed by atoms with Gasteiger partial charge in [0.15, 0.2) is 34.9 Å². The number of hydrogen-bond donors (Lipinski definition) is 0. The molecule has 2 saturated carbocycles.